The number of imidazole rings is 2. The van der Waals surface area contributed by atoms with Gasteiger partial charge in [0.2, 0.25) is 0 Å². The van der Waals surface area contributed by atoms with E-state index in [-0.39, 0.29) is 39.1 Å². The van der Waals surface area contributed by atoms with Crippen molar-refractivity contribution in [2.75, 3.05) is 51.2 Å². The Hall–Kier alpha value is -5.38. The first-order valence-electron chi connectivity index (χ1n) is 26.9. The monoisotopic (exact) mass is 1100 g/mol. The second-order valence-electron chi connectivity index (χ2n) is 21.7. The number of hydrogen-bond donors (Lipinski definition) is 14. The summed E-state index contributed by atoms with van der Waals surface area (Å²) in [5.74, 6) is 1.22. The van der Waals surface area contributed by atoms with Crippen molar-refractivity contribution in [1.82, 2.24) is 39.8 Å². The van der Waals surface area contributed by atoms with Crippen LogP contribution in [0.3, 0.4) is 0 Å². The first-order chi connectivity index (χ1) is 38.0. The van der Waals surface area contributed by atoms with E-state index < -0.39 is 116 Å². The van der Waals surface area contributed by atoms with Crippen LogP contribution < -0.4 is 44.0 Å². The molecule has 11 rings (SSSR count). The minimum absolute atomic E-state index is 0.00140. The number of fused-ring (bicyclic) bond motifs is 2. The number of anilines is 1. The molecular weight excluding hydrogens is 1030 g/mol. The second kappa shape index (κ2) is 23.2. The van der Waals surface area contributed by atoms with Crippen molar-refractivity contribution >= 4 is 27.8 Å². The molecule has 27 nitrogen and oxygen atoms in total. The quantitative estimate of drug-likeness (QED) is 0.0447. The Bertz CT molecular complexity index is 2990. The fourth-order valence-corrected chi connectivity index (χ4v) is 11.5. The SMILES string of the molecule is CN1CCN(c2ccc3nc(-c4ccc5nc(-c6ccc(OCc7cn(C[C@H]8O[C@@H](O[C@@H]9C(O)[C@H](N)CC(N)[C@H]9O[C@@H]9OC(CN)[C@@H](O)[C@H](O)C9N)[C@@H](O)C8C[C@H]8O[C@@H](CN)[C@@H](O)C(O)C8N)nn7)cc6)[nH]c5c4)[nH]c3c2)CC1. The zero-order valence-electron chi connectivity index (χ0n) is 43.6. The van der Waals surface area contributed by atoms with Gasteiger partial charge >= 0.3 is 0 Å². The van der Waals surface area contributed by atoms with Crippen molar-refractivity contribution in [1.29, 1.82) is 0 Å². The number of aromatic nitrogens is 7. The largest absolute Gasteiger partial charge is 0.487 e. The van der Waals surface area contributed by atoms with Gasteiger partial charge in [0.15, 0.2) is 12.6 Å². The van der Waals surface area contributed by atoms with Crippen LogP contribution in [0.15, 0.2) is 66.9 Å². The molecule has 79 heavy (non-hydrogen) atoms. The van der Waals surface area contributed by atoms with Crippen molar-refractivity contribution in [3.05, 3.63) is 72.6 Å². The standard InChI is InChI=1S/C52H73N15O12/c1-65-10-12-66(13-11-65)26-5-9-32-34(15-26)62-50(60-32)24-4-8-31-33(14-24)61-49(59-31)23-2-6-27(7-3-23)74-22-25-20-67(64-63-25)21-38-28(16-35-39(57)45(72)43(70)36(18-53)75-35)41(68)52(77-38)79-48-42(69)29(55)17-30(56)47(48)78-51-40(58)46(73)44(71)37(19-54)76-51/h2-9,14-15,20,28-30,35-48,51-52,68-73H,10-13,16-19,21-22,53-58H2,1H3,(H,59,61)(H,60,62)/t28?,29-,30?,35-,36+,37?,38-,39?,40?,41+,42?,43-,44-,45?,46-,47-,48-,51+,52+/m1/s1. The first kappa shape index (κ1) is 55.5. The number of ether oxygens (including phenoxy) is 6. The van der Waals surface area contributed by atoms with E-state index in [1.165, 1.54) is 10.4 Å². The summed E-state index contributed by atoms with van der Waals surface area (Å²) in [6.07, 6.45) is -15.7. The maximum Gasteiger partial charge on any atom is 0.184 e. The molecule has 5 fully saturated rings. The molecule has 1 saturated carbocycles. The van der Waals surface area contributed by atoms with E-state index in [0.717, 1.165) is 65.2 Å². The van der Waals surface area contributed by atoms with Gasteiger partial charge in [0.05, 0.1) is 71.3 Å². The summed E-state index contributed by atoms with van der Waals surface area (Å²) in [7, 11) is 2.15. The predicted molar refractivity (Wildman–Crippen MR) is 285 cm³/mol. The van der Waals surface area contributed by atoms with Gasteiger partial charge in [0.1, 0.15) is 78.5 Å². The number of aromatic amines is 2. The molecule has 5 aliphatic rings. The number of rotatable bonds is 16. The maximum absolute atomic E-state index is 12.1. The molecule has 7 heterocycles. The molecule has 0 bridgehead atoms. The Morgan fingerprint density at radius 2 is 1.25 bits per heavy atom. The van der Waals surface area contributed by atoms with Gasteiger partial charge in [0.25, 0.3) is 0 Å². The highest BCUT2D eigenvalue weighted by molar-refractivity contribution is 5.87. The number of likely N-dealkylation sites (N-methyl/N-ethyl adjacent to an activating group) is 1. The normalized spacial score (nSPS) is 35.7. The van der Waals surface area contributed by atoms with Crippen molar-refractivity contribution in [2.24, 2.45) is 40.3 Å². The van der Waals surface area contributed by atoms with Crippen LogP contribution in [0.25, 0.3) is 44.8 Å². The van der Waals surface area contributed by atoms with E-state index >= 15 is 0 Å². The van der Waals surface area contributed by atoms with Gasteiger partial charge in [-0.1, -0.05) is 5.21 Å². The van der Waals surface area contributed by atoms with Crippen molar-refractivity contribution in [2.45, 2.75) is 136 Å². The highest BCUT2D eigenvalue weighted by Gasteiger charge is 2.54. The molecule has 7 unspecified atom stereocenters. The second-order valence-corrected chi connectivity index (χ2v) is 21.7. The highest BCUT2D eigenvalue weighted by atomic mass is 16.7. The van der Waals surface area contributed by atoms with E-state index in [4.69, 9.17) is 72.8 Å². The van der Waals surface area contributed by atoms with Crippen LogP contribution in [0.4, 0.5) is 5.69 Å². The van der Waals surface area contributed by atoms with Crippen LogP contribution in [0.2, 0.25) is 0 Å². The number of nitrogens with two attached hydrogens (primary N) is 6. The van der Waals surface area contributed by atoms with Crippen LogP contribution in [-0.4, -0.2) is 227 Å². The molecule has 4 aliphatic heterocycles. The summed E-state index contributed by atoms with van der Waals surface area (Å²) >= 11 is 0. The Kier molecular flexibility index (Phi) is 16.3. The lowest BCUT2D eigenvalue weighted by atomic mass is 9.83. The summed E-state index contributed by atoms with van der Waals surface area (Å²) in [5, 5.41) is 74.9. The molecule has 3 aromatic carbocycles. The third kappa shape index (κ3) is 11.4. The lowest BCUT2D eigenvalue weighted by molar-refractivity contribution is -0.306. The highest BCUT2D eigenvalue weighted by Crippen LogP contribution is 2.39. The van der Waals surface area contributed by atoms with E-state index in [1.807, 2.05) is 42.5 Å². The van der Waals surface area contributed by atoms with E-state index in [1.54, 1.807) is 6.20 Å². The average molecular weight is 1100 g/mol. The van der Waals surface area contributed by atoms with Gasteiger partial charge in [-0.2, -0.15) is 0 Å². The molecular formula is C52H73N15O12. The minimum Gasteiger partial charge on any atom is -0.487 e. The van der Waals surface area contributed by atoms with Gasteiger partial charge in [-0.05, 0) is 80.6 Å². The lowest BCUT2D eigenvalue weighted by Crippen LogP contribution is -2.68. The lowest BCUT2D eigenvalue weighted by Gasteiger charge is -2.47. The zero-order chi connectivity index (χ0) is 55.4. The van der Waals surface area contributed by atoms with Gasteiger partial charge < -0.3 is 113 Å². The average Bonchev–Trinajstić information content (AvgIpc) is 4.39. The van der Waals surface area contributed by atoms with Crippen LogP contribution in [0, 0.1) is 5.92 Å². The van der Waals surface area contributed by atoms with Crippen molar-refractivity contribution in [3.8, 4) is 28.5 Å². The molecule has 428 valence electrons. The molecule has 1 aliphatic carbocycles. The Labute approximate surface area is 454 Å². The molecule has 19 atom stereocenters. The molecule has 0 spiro atoms. The van der Waals surface area contributed by atoms with Crippen molar-refractivity contribution < 1.29 is 59.1 Å². The topological polar surface area (TPSA) is 427 Å². The van der Waals surface area contributed by atoms with E-state index in [9.17, 15) is 30.6 Å². The Morgan fingerprint density at radius 1 is 0.633 bits per heavy atom. The van der Waals surface area contributed by atoms with Crippen LogP contribution in [-0.2, 0) is 36.8 Å². The first-order valence-corrected chi connectivity index (χ1v) is 26.9. The van der Waals surface area contributed by atoms with E-state index in [2.05, 4.69) is 55.3 Å². The summed E-state index contributed by atoms with van der Waals surface area (Å²) in [6, 6.07) is 15.9. The number of H-pyrrole nitrogens is 2. The number of piperazine rings is 1. The van der Waals surface area contributed by atoms with Gasteiger partial charge in [-0.15, -0.1) is 5.10 Å². The van der Waals surface area contributed by atoms with Crippen molar-refractivity contribution in [3.63, 3.8) is 0 Å². The summed E-state index contributed by atoms with van der Waals surface area (Å²) in [6.45, 7) is 3.83. The molecule has 4 saturated heterocycles. The molecule has 27 heteroatoms. The van der Waals surface area contributed by atoms with E-state index in [0.29, 0.717) is 17.3 Å². The summed E-state index contributed by atoms with van der Waals surface area (Å²) in [4.78, 5) is 21.5. The number of nitrogens with zero attached hydrogens (tertiary/aromatic N) is 7. The summed E-state index contributed by atoms with van der Waals surface area (Å²) in [5.41, 5.74) is 44.3. The Balaban J connectivity index is 0.754. The molecule has 20 N–H and O–H groups in total. The number of hydrogen-bond acceptors (Lipinski definition) is 24. The predicted octanol–water partition coefficient (Wildman–Crippen LogP) is -3.51. The molecule has 0 amide bonds. The van der Waals surface area contributed by atoms with Gasteiger partial charge in [-0.25, -0.2) is 14.6 Å². The fourth-order valence-electron chi connectivity index (χ4n) is 11.5. The van der Waals surface area contributed by atoms with Crippen LogP contribution in [0.5, 0.6) is 5.75 Å². The third-order valence-electron chi connectivity index (χ3n) is 16.3. The smallest absolute Gasteiger partial charge is 0.184 e. The third-order valence-corrected chi connectivity index (χ3v) is 16.3. The number of aliphatic hydroxyl groups excluding tert-OH is 6. The summed E-state index contributed by atoms with van der Waals surface area (Å²) < 4.78 is 38.7. The number of benzene rings is 3. The van der Waals surface area contributed by atoms with Gasteiger partial charge in [0, 0.05) is 74.1 Å². The maximum atomic E-state index is 12.1. The van der Waals surface area contributed by atoms with Crippen LogP contribution >= 0.6 is 0 Å². The molecule has 3 aromatic heterocycles. The molecule has 6 aromatic rings. The fraction of sp³-hybridized carbons (Fsp3) is 0.577. The van der Waals surface area contributed by atoms with Gasteiger partial charge in [-0.3, -0.25) is 0 Å². The number of nitrogens with one attached hydrogen (secondary N) is 2. The number of aliphatic hydroxyl groups is 6. The molecule has 0 radical (unpaired) electrons. The Morgan fingerprint density at radius 3 is 1.96 bits per heavy atom. The van der Waals surface area contributed by atoms with Crippen LogP contribution in [0.1, 0.15) is 18.5 Å². The minimum atomic E-state index is -1.47. The zero-order valence-corrected chi connectivity index (χ0v) is 43.6.